The van der Waals surface area contributed by atoms with Gasteiger partial charge < -0.3 is 39.4 Å². The first kappa shape index (κ1) is 24.6. The van der Waals surface area contributed by atoms with E-state index in [0.29, 0.717) is 49.4 Å². The van der Waals surface area contributed by atoms with Gasteiger partial charge in [-0.2, -0.15) is 0 Å². The Morgan fingerprint density at radius 1 is 0.806 bits per heavy atom. The van der Waals surface area contributed by atoms with Crippen molar-refractivity contribution >= 4 is 0 Å². The predicted octanol–water partition coefficient (Wildman–Crippen LogP) is 2.78. The summed E-state index contributed by atoms with van der Waals surface area (Å²) in [5.74, 6) is 1.05. The molecule has 0 radical (unpaired) electrons. The average Bonchev–Trinajstić information content (AvgIpc) is 2.77. The number of aliphatic hydroxyl groups excluding tert-OH is 2. The zero-order chi connectivity index (χ0) is 22.8. The van der Waals surface area contributed by atoms with Crippen LogP contribution in [0.25, 0.3) is 0 Å². The normalized spacial score (nSPS) is 12.9. The van der Waals surface area contributed by atoms with Crippen molar-refractivity contribution < 1.29 is 39.4 Å². The van der Waals surface area contributed by atoms with Crippen LogP contribution in [0.15, 0.2) is 30.3 Å². The fraction of sp³-hybridized carbons (Fsp3) is 0.478. The highest BCUT2D eigenvalue weighted by Gasteiger charge is 2.17. The third kappa shape index (κ3) is 7.20. The van der Waals surface area contributed by atoms with Crippen molar-refractivity contribution in [2.24, 2.45) is 0 Å². The Kier molecular flexibility index (Phi) is 9.71. The summed E-state index contributed by atoms with van der Waals surface area (Å²) in [7, 11) is 4.42. The van der Waals surface area contributed by atoms with Gasteiger partial charge in [0.1, 0.15) is 6.79 Å². The van der Waals surface area contributed by atoms with Crippen molar-refractivity contribution in [2.75, 3.05) is 28.1 Å². The zero-order valence-corrected chi connectivity index (χ0v) is 18.2. The van der Waals surface area contributed by atoms with Crippen LogP contribution in [0.2, 0.25) is 0 Å². The molecule has 0 amide bonds. The number of aromatic hydroxyl groups is 2. The van der Waals surface area contributed by atoms with Gasteiger partial charge in [-0.15, -0.1) is 0 Å². The number of phenolic OH excluding ortho intramolecular Hbond substituents is 2. The Balaban J connectivity index is 1.92. The van der Waals surface area contributed by atoms with Crippen molar-refractivity contribution in [3.63, 3.8) is 0 Å². The van der Waals surface area contributed by atoms with Crippen LogP contribution >= 0.6 is 0 Å². The Morgan fingerprint density at radius 2 is 1.39 bits per heavy atom. The summed E-state index contributed by atoms with van der Waals surface area (Å²) < 4.78 is 20.9. The molecule has 0 aliphatic heterocycles. The maximum atomic E-state index is 10.5. The molecule has 0 saturated heterocycles. The van der Waals surface area contributed by atoms with E-state index in [1.807, 2.05) is 0 Å². The number of rotatable bonds is 13. The number of benzene rings is 2. The third-order valence-corrected chi connectivity index (χ3v) is 5.15. The molecule has 0 spiro atoms. The lowest BCUT2D eigenvalue weighted by atomic mass is 9.98. The summed E-state index contributed by atoms with van der Waals surface area (Å²) in [6.07, 6.45) is 1.64. The summed E-state index contributed by atoms with van der Waals surface area (Å²) in [6.45, 7) is -0.428. The molecule has 4 N–H and O–H groups in total. The van der Waals surface area contributed by atoms with Crippen molar-refractivity contribution in [2.45, 2.75) is 44.3 Å². The first-order valence-electron chi connectivity index (χ1n) is 10.1. The average molecular weight is 437 g/mol. The standard InChI is InChI=1S/C23H32O8/c1-28-20-10-15(6-9-19(20)26)5-8-18(31-14-24)13-17(25)7-4-16-11-21(29-2)23(27)22(12-16)30-3/h6,9-12,17-18,24-27H,4-5,7-8,13-14H2,1-3H3/t17-,18-/m0/s1. The smallest absolute Gasteiger partial charge is 0.200 e. The molecule has 8 nitrogen and oxygen atoms in total. The van der Waals surface area contributed by atoms with Gasteiger partial charge in [0.25, 0.3) is 0 Å². The minimum absolute atomic E-state index is 0.0587. The van der Waals surface area contributed by atoms with Crippen molar-refractivity contribution in [3.8, 4) is 28.7 Å². The molecule has 0 heterocycles. The van der Waals surface area contributed by atoms with Crippen LogP contribution in [-0.2, 0) is 17.6 Å². The monoisotopic (exact) mass is 436 g/mol. The Hall–Kier alpha value is -2.68. The van der Waals surface area contributed by atoms with Gasteiger partial charge >= 0.3 is 0 Å². The first-order chi connectivity index (χ1) is 14.9. The lowest BCUT2D eigenvalue weighted by molar-refractivity contribution is -0.0689. The van der Waals surface area contributed by atoms with E-state index in [9.17, 15) is 20.4 Å². The molecule has 2 aromatic carbocycles. The van der Waals surface area contributed by atoms with Gasteiger partial charge in [0.05, 0.1) is 33.5 Å². The minimum atomic E-state index is -0.642. The minimum Gasteiger partial charge on any atom is -0.504 e. The Morgan fingerprint density at radius 3 is 1.97 bits per heavy atom. The topological polar surface area (TPSA) is 118 Å². The second kappa shape index (κ2) is 12.2. The summed E-state index contributed by atoms with van der Waals surface area (Å²) in [4.78, 5) is 0. The molecule has 0 bridgehead atoms. The molecular formula is C23H32O8. The second-order valence-corrected chi connectivity index (χ2v) is 7.24. The lowest BCUT2D eigenvalue weighted by Gasteiger charge is -2.20. The van der Waals surface area contributed by atoms with Crippen molar-refractivity contribution in [1.82, 2.24) is 0 Å². The van der Waals surface area contributed by atoms with Gasteiger partial charge in [-0.05, 0) is 67.5 Å². The summed E-state index contributed by atoms with van der Waals surface area (Å²) >= 11 is 0. The fourth-order valence-corrected chi connectivity index (χ4v) is 3.43. The van der Waals surface area contributed by atoms with Crippen molar-refractivity contribution in [3.05, 3.63) is 41.5 Å². The van der Waals surface area contributed by atoms with Gasteiger partial charge in [-0.25, -0.2) is 0 Å². The fourth-order valence-electron chi connectivity index (χ4n) is 3.43. The maximum absolute atomic E-state index is 10.5. The molecule has 172 valence electrons. The quantitative estimate of drug-likeness (QED) is 0.354. The van der Waals surface area contributed by atoms with Crippen LogP contribution in [0.3, 0.4) is 0 Å². The van der Waals surface area contributed by atoms with Crippen LogP contribution in [-0.4, -0.2) is 60.8 Å². The van der Waals surface area contributed by atoms with E-state index in [-0.39, 0.29) is 17.6 Å². The highest BCUT2D eigenvalue weighted by atomic mass is 16.6. The van der Waals surface area contributed by atoms with Gasteiger partial charge in [0.2, 0.25) is 5.75 Å². The molecule has 0 fully saturated rings. The molecule has 2 aromatic rings. The molecule has 0 saturated carbocycles. The molecular weight excluding hydrogens is 404 g/mol. The second-order valence-electron chi connectivity index (χ2n) is 7.24. The van der Waals surface area contributed by atoms with Crippen LogP contribution in [0.1, 0.15) is 30.4 Å². The van der Waals surface area contributed by atoms with E-state index in [1.54, 1.807) is 30.3 Å². The molecule has 2 atom stereocenters. The van der Waals surface area contributed by atoms with E-state index in [4.69, 9.17) is 18.9 Å². The SMILES string of the molecule is COc1cc(CC[C@@H](C[C@@H](O)CCc2cc(OC)c(O)c(OC)c2)OCO)ccc1O. The van der Waals surface area contributed by atoms with Crippen LogP contribution < -0.4 is 14.2 Å². The van der Waals surface area contributed by atoms with Gasteiger partial charge in [0, 0.05) is 0 Å². The number of hydrogen-bond donors (Lipinski definition) is 4. The summed E-state index contributed by atoms with van der Waals surface area (Å²) in [6, 6.07) is 8.56. The van der Waals surface area contributed by atoms with Gasteiger partial charge in [0.15, 0.2) is 23.0 Å². The number of phenols is 2. The summed E-state index contributed by atoms with van der Waals surface area (Å²) in [5, 5.41) is 39.4. The largest absolute Gasteiger partial charge is 0.504 e. The molecule has 0 aliphatic carbocycles. The third-order valence-electron chi connectivity index (χ3n) is 5.15. The first-order valence-corrected chi connectivity index (χ1v) is 10.1. The van der Waals surface area contributed by atoms with Crippen molar-refractivity contribution in [1.29, 1.82) is 0 Å². The molecule has 31 heavy (non-hydrogen) atoms. The van der Waals surface area contributed by atoms with E-state index in [1.165, 1.54) is 21.3 Å². The van der Waals surface area contributed by atoms with E-state index in [0.717, 1.165) is 11.1 Å². The number of aryl methyl sites for hydroxylation is 2. The Bertz CT molecular complexity index is 798. The molecule has 0 aliphatic rings. The van der Waals surface area contributed by atoms with Gasteiger partial charge in [-0.1, -0.05) is 6.07 Å². The molecule has 2 rings (SSSR count). The summed E-state index contributed by atoms with van der Waals surface area (Å²) in [5.41, 5.74) is 1.82. The number of methoxy groups -OCH3 is 3. The molecule has 8 heteroatoms. The highest BCUT2D eigenvalue weighted by Crippen LogP contribution is 2.37. The lowest BCUT2D eigenvalue weighted by Crippen LogP contribution is -2.22. The number of hydrogen-bond acceptors (Lipinski definition) is 8. The Labute approximate surface area is 182 Å². The van der Waals surface area contributed by atoms with E-state index in [2.05, 4.69) is 0 Å². The molecule has 0 aromatic heterocycles. The van der Waals surface area contributed by atoms with E-state index < -0.39 is 12.9 Å². The number of aliphatic hydroxyl groups is 2. The number of ether oxygens (including phenoxy) is 4. The predicted molar refractivity (Wildman–Crippen MR) is 115 cm³/mol. The van der Waals surface area contributed by atoms with Crippen LogP contribution in [0.4, 0.5) is 0 Å². The molecule has 0 unspecified atom stereocenters. The van der Waals surface area contributed by atoms with Crippen LogP contribution in [0, 0.1) is 0 Å². The van der Waals surface area contributed by atoms with Crippen LogP contribution in [0.5, 0.6) is 28.7 Å². The van der Waals surface area contributed by atoms with Gasteiger partial charge in [-0.3, -0.25) is 0 Å². The highest BCUT2D eigenvalue weighted by molar-refractivity contribution is 5.52. The van der Waals surface area contributed by atoms with E-state index >= 15 is 0 Å². The zero-order valence-electron chi connectivity index (χ0n) is 18.2. The maximum Gasteiger partial charge on any atom is 0.200 e.